The fourth-order valence-electron chi connectivity index (χ4n) is 2.00. The number of halogens is 1. The van der Waals surface area contributed by atoms with Crippen LogP contribution in [0.2, 0.25) is 0 Å². The summed E-state index contributed by atoms with van der Waals surface area (Å²) in [6, 6.07) is 8.04. The Kier molecular flexibility index (Phi) is 2.56. The molecule has 0 fully saturated rings. The molecule has 0 aliphatic rings. The molecule has 0 spiro atoms. The van der Waals surface area contributed by atoms with Crippen molar-refractivity contribution in [3.63, 3.8) is 0 Å². The maximum atomic E-state index is 6.00. The molecule has 0 saturated heterocycles. The Bertz CT molecular complexity index is 733. The number of aryl methyl sites for hydroxylation is 1. The number of rotatable bonds is 1. The number of pyridine rings is 1. The van der Waals surface area contributed by atoms with Crippen LogP contribution in [-0.4, -0.2) is 14.5 Å². The Morgan fingerprint density at radius 1 is 1.28 bits per heavy atom. The second-order valence-corrected chi connectivity index (χ2v) is 4.98. The molecule has 5 heteroatoms. The van der Waals surface area contributed by atoms with E-state index >= 15 is 0 Å². The molecule has 0 aliphatic heterocycles. The quantitative estimate of drug-likeness (QED) is 0.751. The van der Waals surface area contributed by atoms with Crippen LogP contribution in [0.4, 0.5) is 5.95 Å². The summed E-state index contributed by atoms with van der Waals surface area (Å²) in [5.41, 5.74) is 9.91. The summed E-state index contributed by atoms with van der Waals surface area (Å²) in [5.74, 6) is 0.461. The fraction of sp³-hybridized carbons (Fsp3) is 0.0769. The third-order valence-electron chi connectivity index (χ3n) is 2.83. The number of imidazole rings is 1. The van der Waals surface area contributed by atoms with E-state index in [1.54, 1.807) is 12.4 Å². The van der Waals surface area contributed by atoms with Crippen LogP contribution in [0, 0.1) is 6.92 Å². The third-order valence-corrected chi connectivity index (χ3v) is 3.46. The molecule has 2 aromatic heterocycles. The third kappa shape index (κ3) is 1.67. The number of nitrogen functional groups attached to an aromatic ring is 1. The van der Waals surface area contributed by atoms with Gasteiger partial charge in [0.05, 0.1) is 17.4 Å². The van der Waals surface area contributed by atoms with E-state index < -0.39 is 0 Å². The smallest absolute Gasteiger partial charge is 0.206 e. The highest BCUT2D eigenvalue weighted by Crippen LogP contribution is 2.28. The molecule has 2 N–H and O–H groups in total. The lowest BCUT2D eigenvalue weighted by atomic mass is 10.2. The molecule has 3 aromatic rings. The highest BCUT2D eigenvalue weighted by Gasteiger charge is 2.12. The summed E-state index contributed by atoms with van der Waals surface area (Å²) in [6.45, 7) is 2.05. The van der Waals surface area contributed by atoms with Gasteiger partial charge in [0.1, 0.15) is 5.52 Å². The van der Waals surface area contributed by atoms with Gasteiger partial charge in [-0.1, -0.05) is 6.07 Å². The van der Waals surface area contributed by atoms with E-state index in [2.05, 4.69) is 32.0 Å². The Labute approximate surface area is 113 Å². The van der Waals surface area contributed by atoms with Crippen molar-refractivity contribution in [3.05, 3.63) is 46.7 Å². The van der Waals surface area contributed by atoms with E-state index in [9.17, 15) is 0 Å². The van der Waals surface area contributed by atoms with E-state index in [0.717, 1.165) is 21.2 Å². The molecule has 18 heavy (non-hydrogen) atoms. The molecule has 0 amide bonds. The summed E-state index contributed by atoms with van der Waals surface area (Å²) in [5, 5.41) is 0. The molecule has 0 saturated carbocycles. The molecular weight excluding hydrogens is 292 g/mol. The topological polar surface area (TPSA) is 56.7 Å². The molecule has 4 nitrogen and oxygen atoms in total. The average molecular weight is 303 g/mol. The second kappa shape index (κ2) is 4.10. The normalized spacial score (nSPS) is 11.0. The number of aromatic nitrogens is 3. The number of benzene rings is 1. The van der Waals surface area contributed by atoms with Crippen LogP contribution in [0.1, 0.15) is 5.56 Å². The largest absolute Gasteiger partial charge is 0.369 e. The van der Waals surface area contributed by atoms with Crippen LogP contribution < -0.4 is 5.73 Å². The first-order valence-corrected chi connectivity index (χ1v) is 6.30. The van der Waals surface area contributed by atoms with Gasteiger partial charge >= 0.3 is 0 Å². The number of nitrogens with two attached hydrogens (primary N) is 1. The minimum Gasteiger partial charge on any atom is -0.369 e. The molecule has 3 rings (SSSR count). The standard InChI is InChI=1S/C13H11BrN4/c1-8-2-3-11(9(14)6-8)18-12-4-5-16-7-10(12)17-13(18)15/h2-7H,1H3,(H2,15,17). The molecule has 0 atom stereocenters. The highest BCUT2D eigenvalue weighted by molar-refractivity contribution is 9.10. The first-order valence-electron chi connectivity index (χ1n) is 5.51. The van der Waals surface area contributed by atoms with Gasteiger partial charge < -0.3 is 5.73 Å². The van der Waals surface area contributed by atoms with Gasteiger partial charge in [0, 0.05) is 10.7 Å². The van der Waals surface area contributed by atoms with Crippen molar-refractivity contribution in [1.82, 2.24) is 14.5 Å². The van der Waals surface area contributed by atoms with E-state index in [4.69, 9.17) is 5.73 Å². The van der Waals surface area contributed by atoms with Crippen LogP contribution in [0.3, 0.4) is 0 Å². The van der Waals surface area contributed by atoms with Gasteiger partial charge in [-0.15, -0.1) is 0 Å². The van der Waals surface area contributed by atoms with Gasteiger partial charge in [0.2, 0.25) is 5.95 Å². The van der Waals surface area contributed by atoms with Crippen LogP contribution in [0.5, 0.6) is 0 Å². The molecule has 0 radical (unpaired) electrons. The molecule has 90 valence electrons. The zero-order valence-corrected chi connectivity index (χ0v) is 11.3. The van der Waals surface area contributed by atoms with Gasteiger partial charge in [0.25, 0.3) is 0 Å². The predicted octanol–water partition coefficient (Wildman–Crippen LogP) is 3.07. The Morgan fingerprint density at radius 2 is 2.11 bits per heavy atom. The lowest BCUT2D eigenvalue weighted by molar-refractivity contribution is 1.10. The average Bonchev–Trinajstić information content (AvgIpc) is 2.66. The predicted molar refractivity (Wildman–Crippen MR) is 75.7 cm³/mol. The monoisotopic (exact) mass is 302 g/mol. The van der Waals surface area contributed by atoms with E-state index in [0.29, 0.717) is 5.95 Å². The van der Waals surface area contributed by atoms with Crippen LogP contribution >= 0.6 is 15.9 Å². The van der Waals surface area contributed by atoms with Crippen molar-refractivity contribution in [1.29, 1.82) is 0 Å². The first kappa shape index (κ1) is 11.2. The van der Waals surface area contributed by atoms with Crippen molar-refractivity contribution >= 4 is 32.9 Å². The molecule has 1 aromatic carbocycles. The number of fused-ring (bicyclic) bond motifs is 1. The van der Waals surface area contributed by atoms with Crippen LogP contribution in [-0.2, 0) is 0 Å². The minimum atomic E-state index is 0.461. The van der Waals surface area contributed by atoms with Crippen LogP contribution in [0.25, 0.3) is 16.7 Å². The van der Waals surface area contributed by atoms with E-state index in [-0.39, 0.29) is 0 Å². The summed E-state index contributed by atoms with van der Waals surface area (Å²) in [6.07, 6.45) is 3.45. The Morgan fingerprint density at radius 3 is 2.89 bits per heavy atom. The number of nitrogens with zero attached hydrogens (tertiary/aromatic N) is 3. The number of hydrogen-bond acceptors (Lipinski definition) is 3. The number of anilines is 1. The molecule has 2 heterocycles. The first-order chi connectivity index (χ1) is 8.66. The number of hydrogen-bond donors (Lipinski definition) is 1. The summed E-state index contributed by atoms with van der Waals surface area (Å²) in [4.78, 5) is 8.36. The Hall–Kier alpha value is -1.88. The van der Waals surface area contributed by atoms with Gasteiger partial charge in [0.15, 0.2) is 0 Å². The van der Waals surface area contributed by atoms with Crippen molar-refractivity contribution in [2.75, 3.05) is 5.73 Å². The lowest BCUT2D eigenvalue weighted by Gasteiger charge is -2.09. The maximum Gasteiger partial charge on any atom is 0.206 e. The van der Waals surface area contributed by atoms with E-state index in [1.165, 1.54) is 5.56 Å². The van der Waals surface area contributed by atoms with Crippen molar-refractivity contribution in [3.8, 4) is 5.69 Å². The Balaban J connectivity index is 2.34. The van der Waals surface area contributed by atoms with Gasteiger partial charge in [-0.3, -0.25) is 9.55 Å². The van der Waals surface area contributed by atoms with Crippen molar-refractivity contribution < 1.29 is 0 Å². The second-order valence-electron chi connectivity index (χ2n) is 4.12. The summed E-state index contributed by atoms with van der Waals surface area (Å²) < 4.78 is 2.91. The summed E-state index contributed by atoms with van der Waals surface area (Å²) >= 11 is 3.57. The lowest BCUT2D eigenvalue weighted by Crippen LogP contribution is -2.01. The maximum absolute atomic E-state index is 6.00. The molecule has 0 unspecified atom stereocenters. The zero-order valence-electron chi connectivity index (χ0n) is 9.76. The molecule has 0 aliphatic carbocycles. The SMILES string of the molecule is Cc1ccc(-n2c(N)nc3cnccc32)c(Br)c1. The highest BCUT2D eigenvalue weighted by atomic mass is 79.9. The minimum absolute atomic E-state index is 0.461. The van der Waals surface area contributed by atoms with Crippen LogP contribution in [0.15, 0.2) is 41.1 Å². The summed E-state index contributed by atoms with van der Waals surface area (Å²) in [7, 11) is 0. The zero-order chi connectivity index (χ0) is 12.7. The van der Waals surface area contributed by atoms with Crippen molar-refractivity contribution in [2.45, 2.75) is 6.92 Å². The fourth-order valence-corrected chi connectivity index (χ4v) is 2.67. The molecule has 0 bridgehead atoms. The molecular formula is C13H11BrN4. The van der Waals surface area contributed by atoms with E-state index in [1.807, 2.05) is 29.7 Å². The van der Waals surface area contributed by atoms with Crippen molar-refractivity contribution in [2.24, 2.45) is 0 Å². The van der Waals surface area contributed by atoms with Gasteiger partial charge in [-0.2, -0.15) is 0 Å². The van der Waals surface area contributed by atoms with Gasteiger partial charge in [-0.25, -0.2) is 4.98 Å². The van der Waals surface area contributed by atoms with Gasteiger partial charge in [-0.05, 0) is 46.6 Å².